The topological polar surface area (TPSA) is 51.8 Å². The van der Waals surface area contributed by atoms with Crippen LogP contribution in [0.2, 0.25) is 0 Å². The van der Waals surface area contributed by atoms with Crippen molar-refractivity contribution in [3.63, 3.8) is 0 Å². The van der Waals surface area contributed by atoms with E-state index in [1.54, 1.807) is 0 Å². The first kappa shape index (κ1) is 13.7. The zero-order valence-electron chi connectivity index (χ0n) is 11.6. The van der Waals surface area contributed by atoms with Gasteiger partial charge in [0, 0.05) is 30.3 Å². The summed E-state index contributed by atoms with van der Waals surface area (Å²) in [5, 5.41) is 0. The second kappa shape index (κ2) is 6.43. The van der Waals surface area contributed by atoms with Crippen LogP contribution < -0.4 is 5.73 Å². The number of nitrogens with two attached hydrogens (primary N) is 1. The molecule has 0 saturated heterocycles. The maximum Gasteiger partial charge on any atom is 0.133 e. The van der Waals surface area contributed by atoms with Crippen LogP contribution >= 0.6 is 0 Å². The van der Waals surface area contributed by atoms with Crippen molar-refractivity contribution in [2.45, 2.75) is 39.2 Å². The summed E-state index contributed by atoms with van der Waals surface area (Å²) in [5.74, 6) is 0.879. The van der Waals surface area contributed by atoms with Crippen LogP contribution in [0.4, 0.5) is 0 Å². The number of benzene rings is 1. The fraction of sp³-hybridized carbons (Fsp3) is 0.375. The third-order valence-electron chi connectivity index (χ3n) is 3.15. The summed E-state index contributed by atoms with van der Waals surface area (Å²) in [6, 6.07) is 12.5. The predicted molar refractivity (Wildman–Crippen MR) is 78.0 cm³/mol. The quantitative estimate of drug-likeness (QED) is 0.893. The molecule has 19 heavy (non-hydrogen) atoms. The number of nitrogens with zero attached hydrogens (tertiary/aromatic N) is 2. The molecule has 1 unspecified atom stereocenters. The Morgan fingerprint density at radius 2 is 1.89 bits per heavy atom. The summed E-state index contributed by atoms with van der Waals surface area (Å²) in [4.78, 5) is 9.14. The highest BCUT2D eigenvalue weighted by molar-refractivity contribution is 5.20. The van der Waals surface area contributed by atoms with Crippen LogP contribution in [0.25, 0.3) is 0 Å². The lowest BCUT2D eigenvalue weighted by Gasteiger charge is -2.10. The van der Waals surface area contributed by atoms with Crippen LogP contribution in [0.5, 0.6) is 0 Å². The van der Waals surface area contributed by atoms with Crippen LogP contribution in [0.3, 0.4) is 0 Å². The molecule has 0 spiro atoms. The van der Waals surface area contributed by atoms with Gasteiger partial charge in [0.2, 0.25) is 0 Å². The molecular formula is C16H21N3. The van der Waals surface area contributed by atoms with E-state index >= 15 is 0 Å². The molecule has 0 bridgehead atoms. The van der Waals surface area contributed by atoms with Gasteiger partial charge >= 0.3 is 0 Å². The largest absolute Gasteiger partial charge is 0.327 e. The molecular weight excluding hydrogens is 234 g/mol. The molecule has 1 heterocycles. The summed E-state index contributed by atoms with van der Waals surface area (Å²) in [5.41, 5.74) is 9.29. The molecule has 1 aromatic carbocycles. The lowest BCUT2D eigenvalue weighted by Crippen LogP contribution is -2.22. The van der Waals surface area contributed by atoms with Crippen molar-refractivity contribution in [2.75, 3.05) is 0 Å². The molecule has 0 fully saturated rings. The maximum atomic E-state index is 6.00. The van der Waals surface area contributed by atoms with E-state index < -0.39 is 0 Å². The Bertz CT molecular complexity index is 523. The first-order valence-corrected chi connectivity index (χ1v) is 6.80. The molecule has 100 valence electrons. The number of rotatable bonds is 5. The number of aromatic nitrogens is 2. The summed E-state index contributed by atoms with van der Waals surface area (Å²) >= 11 is 0. The van der Waals surface area contributed by atoms with Gasteiger partial charge in [-0.25, -0.2) is 9.97 Å². The molecule has 0 amide bonds. The van der Waals surface area contributed by atoms with Crippen molar-refractivity contribution < 1.29 is 0 Å². The Kier molecular flexibility index (Phi) is 4.63. The van der Waals surface area contributed by atoms with Crippen molar-refractivity contribution in [3.8, 4) is 0 Å². The van der Waals surface area contributed by atoms with E-state index in [4.69, 9.17) is 5.73 Å². The van der Waals surface area contributed by atoms with Gasteiger partial charge in [-0.2, -0.15) is 0 Å². The molecule has 1 aromatic heterocycles. The molecule has 0 aliphatic rings. The fourth-order valence-corrected chi connectivity index (χ4v) is 2.08. The average Bonchev–Trinajstić information content (AvgIpc) is 2.39. The molecule has 1 atom stereocenters. The number of hydrogen-bond donors (Lipinski definition) is 1. The van der Waals surface area contributed by atoms with Gasteiger partial charge in [0.05, 0.1) is 0 Å². The van der Waals surface area contributed by atoms with Gasteiger partial charge in [-0.1, -0.05) is 37.3 Å². The lowest BCUT2D eigenvalue weighted by atomic mass is 10.1. The average molecular weight is 255 g/mol. The van der Waals surface area contributed by atoms with E-state index in [1.165, 1.54) is 5.56 Å². The van der Waals surface area contributed by atoms with Crippen molar-refractivity contribution in [2.24, 2.45) is 5.73 Å². The van der Waals surface area contributed by atoms with Crippen LogP contribution in [-0.4, -0.2) is 16.0 Å². The third kappa shape index (κ3) is 4.14. The lowest BCUT2D eigenvalue weighted by molar-refractivity contribution is 0.632. The Labute approximate surface area is 114 Å². The molecule has 0 aliphatic heterocycles. The van der Waals surface area contributed by atoms with Crippen LogP contribution in [-0.2, 0) is 12.8 Å². The van der Waals surface area contributed by atoms with Gasteiger partial charge in [0.25, 0.3) is 0 Å². The molecule has 3 heteroatoms. The second-order valence-electron chi connectivity index (χ2n) is 4.95. The van der Waals surface area contributed by atoms with Crippen molar-refractivity contribution in [3.05, 3.63) is 59.2 Å². The molecule has 0 aliphatic carbocycles. The summed E-state index contributed by atoms with van der Waals surface area (Å²) in [7, 11) is 0. The smallest absolute Gasteiger partial charge is 0.133 e. The van der Waals surface area contributed by atoms with Crippen LogP contribution in [0, 0.1) is 6.92 Å². The summed E-state index contributed by atoms with van der Waals surface area (Å²) in [6.07, 6.45) is 2.57. The van der Waals surface area contributed by atoms with Crippen molar-refractivity contribution in [1.29, 1.82) is 0 Å². The second-order valence-corrected chi connectivity index (χ2v) is 4.95. The van der Waals surface area contributed by atoms with E-state index in [0.717, 1.165) is 36.5 Å². The Hall–Kier alpha value is -1.74. The predicted octanol–water partition coefficient (Wildman–Crippen LogP) is 2.66. The van der Waals surface area contributed by atoms with E-state index in [-0.39, 0.29) is 6.04 Å². The maximum absolute atomic E-state index is 6.00. The van der Waals surface area contributed by atoms with Crippen molar-refractivity contribution >= 4 is 0 Å². The third-order valence-corrected chi connectivity index (χ3v) is 3.15. The van der Waals surface area contributed by atoms with E-state index in [9.17, 15) is 0 Å². The monoisotopic (exact) mass is 255 g/mol. The molecule has 3 nitrogen and oxygen atoms in total. The molecule has 2 N–H and O–H groups in total. The zero-order valence-corrected chi connectivity index (χ0v) is 11.6. The van der Waals surface area contributed by atoms with Gasteiger partial charge in [0.1, 0.15) is 5.82 Å². The molecule has 0 saturated carbocycles. The normalized spacial score (nSPS) is 12.4. The summed E-state index contributed by atoms with van der Waals surface area (Å²) in [6.45, 7) is 4.11. The molecule has 2 rings (SSSR count). The van der Waals surface area contributed by atoms with E-state index in [0.29, 0.717) is 0 Å². The highest BCUT2D eigenvalue weighted by atomic mass is 14.9. The molecule has 2 aromatic rings. The van der Waals surface area contributed by atoms with E-state index in [1.807, 2.05) is 31.2 Å². The first-order valence-electron chi connectivity index (χ1n) is 6.80. The van der Waals surface area contributed by atoms with Gasteiger partial charge in [-0.3, -0.25) is 0 Å². The Morgan fingerprint density at radius 1 is 1.16 bits per heavy atom. The highest BCUT2D eigenvalue weighted by Gasteiger charge is 2.07. The fourth-order valence-electron chi connectivity index (χ4n) is 2.08. The minimum Gasteiger partial charge on any atom is -0.327 e. The summed E-state index contributed by atoms with van der Waals surface area (Å²) < 4.78 is 0. The Balaban J connectivity index is 2.17. The van der Waals surface area contributed by atoms with Crippen LogP contribution in [0.1, 0.15) is 36.1 Å². The number of hydrogen-bond acceptors (Lipinski definition) is 3. The zero-order chi connectivity index (χ0) is 13.7. The minimum absolute atomic E-state index is 0.180. The van der Waals surface area contributed by atoms with Gasteiger partial charge < -0.3 is 5.73 Å². The SMILES string of the molecule is CCC(N)Cc1cc(C)nc(Cc2ccccc2)n1. The number of aryl methyl sites for hydroxylation is 1. The van der Waals surface area contributed by atoms with Gasteiger partial charge in [0.15, 0.2) is 0 Å². The molecule has 0 radical (unpaired) electrons. The Morgan fingerprint density at radius 3 is 2.58 bits per heavy atom. The van der Waals surface area contributed by atoms with Gasteiger partial charge in [-0.05, 0) is 25.0 Å². The minimum atomic E-state index is 0.180. The van der Waals surface area contributed by atoms with Gasteiger partial charge in [-0.15, -0.1) is 0 Å². The highest BCUT2D eigenvalue weighted by Crippen LogP contribution is 2.09. The van der Waals surface area contributed by atoms with Crippen LogP contribution in [0.15, 0.2) is 36.4 Å². The van der Waals surface area contributed by atoms with E-state index in [2.05, 4.69) is 29.0 Å². The van der Waals surface area contributed by atoms with Crippen molar-refractivity contribution in [1.82, 2.24) is 9.97 Å². The first-order chi connectivity index (χ1) is 9.17. The standard InChI is InChI=1S/C16H21N3/c1-3-14(17)11-15-9-12(2)18-16(19-15)10-13-7-5-4-6-8-13/h4-9,14H,3,10-11,17H2,1-2H3.